The van der Waals surface area contributed by atoms with Gasteiger partial charge in [0.05, 0.1) is 4.90 Å². The Labute approximate surface area is 96.2 Å². The molecule has 1 aromatic rings. The zero-order valence-electron chi connectivity index (χ0n) is 8.77. The summed E-state index contributed by atoms with van der Waals surface area (Å²) in [6, 6.07) is 6.85. The highest BCUT2D eigenvalue weighted by Gasteiger charge is 2.05. The molecule has 0 aliphatic carbocycles. The van der Waals surface area contributed by atoms with Crippen LogP contribution in [0.1, 0.15) is 12.5 Å². The lowest BCUT2D eigenvalue weighted by molar-refractivity contribution is 0.601. The van der Waals surface area contributed by atoms with E-state index in [2.05, 4.69) is 17.9 Å². The Bertz CT molecular complexity index is 410. The van der Waals surface area contributed by atoms with Crippen molar-refractivity contribution in [2.24, 2.45) is 0 Å². The second kappa shape index (κ2) is 5.01. The van der Waals surface area contributed by atoms with Gasteiger partial charge in [0.15, 0.2) is 9.84 Å². The predicted octanol–water partition coefficient (Wildman–Crippen LogP) is 1.46. The smallest absolute Gasteiger partial charge is 0.175 e. The van der Waals surface area contributed by atoms with E-state index in [1.54, 1.807) is 24.3 Å². The Morgan fingerprint density at radius 1 is 1.33 bits per heavy atom. The Balaban J connectivity index is 2.73. The number of hydrogen-bond donors (Lipinski definition) is 2. The quantitative estimate of drug-likeness (QED) is 0.623. The molecule has 1 atom stereocenters. The fourth-order valence-corrected chi connectivity index (χ4v) is 1.84. The maximum absolute atomic E-state index is 11.2. The third-order valence-electron chi connectivity index (χ3n) is 1.95. The summed E-state index contributed by atoms with van der Waals surface area (Å²) < 4.78 is 22.4. The average Bonchev–Trinajstić information content (AvgIpc) is 2.14. The molecule has 0 spiro atoms. The number of thiol groups is 1. The molecule has 0 saturated carbocycles. The molecule has 15 heavy (non-hydrogen) atoms. The van der Waals surface area contributed by atoms with E-state index < -0.39 is 9.84 Å². The summed E-state index contributed by atoms with van der Waals surface area (Å²) in [6.07, 6.45) is 1.20. The Morgan fingerprint density at radius 3 is 2.27 bits per heavy atom. The molecule has 3 nitrogen and oxygen atoms in total. The van der Waals surface area contributed by atoms with Gasteiger partial charge in [0.1, 0.15) is 0 Å². The lowest BCUT2D eigenvalue weighted by Crippen LogP contribution is -2.19. The van der Waals surface area contributed by atoms with Crippen molar-refractivity contribution in [2.75, 3.05) is 6.26 Å². The van der Waals surface area contributed by atoms with Crippen LogP contribution in [0, 0.1) is 0 Å². The third-order valence-corrected chi connectivity index (χ3v) is 3.26. The minimum atomic E-state index is -3.09. The van der Waals surface area contributed by atoms with Gasteiger partial charge < -0.3 is 5.32 Å². The minimum Gasteiger partial charge on any atom is -0.302 e. The van der Waals surface area contributed by atoms with Crippen molar-refractivity contribution in [3.05, 3.63) is 29.8 Å². The molecule has 1 aromatic carbocycles. The van der Waals surface area contributed by atoms with Crippen molar-refractivity contribution in [1.82, 2.24) is 5.32 Å². The van der Waals surface area contributed by atoms with Crippen LogP contribution in [0.5, 0.6) is 0 Å². The van der Waals surface area contributed by atoms with E-state index in [1.807, 2.05) is 6.92 Å². The van der Waals surface area contributed by atoms with E-state index in [0.717, 1.165) is 5.56 Å². The highest BCUT2D eigenvalue weighted by Crippen LogP contribution is 2.10. The van der Waals surface area contributed by atoms with Crippen LogP contribution in [0.25, 0.3) is 0 Å². The molecule has 5 heteroatoms. The van der Waals surface area contributed by atoms with Gasteiger partial charge in [0.25, 0.3) is 0 Å². The molecule has 0 saturated heterocycles. The lowest BCUT2D eigenvalue weighted by Gasteiger charge is -2.07. The van der Waals surface area contributed by atoms with E-state index in [0.29, 0.717) is 11.4 Å². The van der Waals surface area contributed by atoms with Crippen LogP contribution in [0.15, 0.2) is 29.2 Å². The summed E-state index contributed by atoms with van der Waals surface area (Å²) in [4.78, 5) is 0.352. The zero-order valence-corrected chi connectivity index (χ0v) is 10.5. The first-order valence-electron chi connectivity index (χ1n) is 4.60. The first-order chi connectivity index (χ1) is 6.89. The van der Waals surface area contributed by atoms with Gasteiger partial charge in [-0.05, 0) is 24.6 Å². The van der Waals surface area contributed by atoms with Crippen LogP contribution in [0.3, 0.4) is 0 Å². The summed E-state index contributed by atoms with van der Waals surface area (Å²) >= 11 is 4.19. The molecule has 84 valence electrons. The summed E-state index contributed by atoms with van der Waals surface area (Å²) in [6.45, 7) is 2.63. The highest BCUT2D eigenvalue weighted by molar-refractivity contribution is 7.90. The number of rotatable bonds is 4. The number of sulfone groups is 1. The topological polar surface area (TPSA) is 46.2 Å². The first-order valence-corrected chi connectivity index (χ1v) is 7.01. The van der Waals surface area contributed by atoms with E-state index in [-0.39, 0.29) is 5.37 Å². The fourth-order valence-electron chi connectivity index (χ4n) is 1.12. The molecule has 0 radical (unpaired) electrons. The number of hydrogen-bond acceptors (Lipinski definition) is 4. The second-order valence-corrected chi connectivity index (χ2v) is 6.26. The van der Waals surface area contributed by atoms with Crippen molar-refractivity contribution in [3.8, 4) is 0 Å². The molecule has 0 amide bonds. The molecular formula is C10H15NO2S2. The fraction of sp³-hybridized carbons (Fsp3) is 0.400. The standard InChI is InChI=1S/C10H15NO2S2/c1-8(14)11-7-9-3-5-10(6-4-9)15(2,12)13/h3-6,8,11,14H,7H2,1-2H3. The van der Waals surface area contributed by atoms with Gasteiger partial charge in [-0.3, -0.25) is 0 Å². The average molecular weight is 245 g/mol. The molecule has 1 unspecified atom stereocenters. The summed E-state index contributed by atoms with van der Waals surface area (Å²) in [5.74, 6) is 0. The normalized spacial score (nSPS) is 13.8. The van der Waals surface area contributed by atoms with Crippen LogP contribution in [-0.4, -0.2) is 20.0 Å². The maximum Gasteiger partial charge on any atom is 0.175 e. The van der Waals surface area contributed by atoms with Gasteiger partial charge in [-0.15, -0.1) is 0 Å². The van der Waals surface area contributed by atoms with E-state index in [1.165, 1.54) is 6.26 Å². The molecule has 0 bridgehead atoms. The molecule has 0 aliphatic heterocycles. The van der Waals surface area contributed by atoms with E-state index in [4.69, 9.17) is 0 Å². The van der Waals surface area contributed by atoms with E-state index in [9.17, 15) is 8.42 Å². The molecule has 0 fully saturated rings. The van der Waals surface area contributed by atoms with Crippen molar-refractivity contribution in [1.29, 1.82) is 0 Å². The van der Waals surface area contributed by atoms with Crippen molar-refractivity contribution >= 4 is 22.5 Å². The van der Waals surface area contributed by atoms with Crippen LogP contribution in [0.2, 0.25) is 0 Å². The van der Waals surface area contributed by atoms with Crippen LogP contribution < -0.4 is 5.32 Å². The monoisotopic (exact) mass is 245 g/mol. The summed E-state index contributed by atoms with van der Waals surface area (Å²) in [7, 11) is -3.09. The zero-order chi connectivity index (χ0) is 11.5. The molecule has 0 aromatic heterocycles. The molecule has 0 heterocycles. The maximum atomic E-state index is 11.2. The SMILES string of the molecule is CC(S)NCc1ccc(S(C)(=O)=O)cc1. The summed E-state index contributed by atoms with van der Waals surface area (Å²) in [5, 5.41) is 3.26. The Kier molecular flexibility index (Phi) is 4.19. The lowest BCUT2D eigenvalue weighted by atomic mass is 10.2. The van der Waals surface area contributed by atoms with Gasteiger partial charge in [-0.25, -0.2) is 8.42 Å². The first kappa shape index (κ1) is 12.5. The Morgan fingerprint density at radius 2 is 1.87 bits per heavy atom. The number of nitrogens with one attached hydrogen (secondary N) is 1. The molecule has 1 rings (SSSR count). The van der Waals surface area contributed by atoms with Gasteiger partial charge in [0.2, 0.25) is 0 Å². The summed E-state index contributed by atoms with van der Waals surface area (Å²) in [5.41, 5.74) is 1.04. The van der Waals surface area contributed by atoms with Crippen LogP contribution in [-0.2, 0) is 16.4 Å². The van der Waals surface area contributed by atoms with Crippen LogP contribution >= 0.6 is 12.6 Å². The van der Waals surface area contributed by atoms with Gasteiger partial charge in [-0.2, -0.15) is 12.6 Å². The predicted molar refractivity (Wildman–Crippen MR) is 64.8 cm³/mol. The van der Waals surface area contributed by atoms with Gasteiger partial charge in [-0.1, -0.05) is 12.1 Å². The van der Waals surface area contributed by atoms with Gasteiger partial charge >= 0.3 is 0 Å². The Hall–Kier alpha value is -0.520. The van der Waals surface area contributed by atoms with Crippen molar-refractivity contribution in [2.45, 2.75) is 23.7 Å². The molecule has 0 aliphatic rings. The van der Waals surface area contributed by atoms with Gasteiger partial charge in [0, 0.05) is 18.2 Å². The largest absolute Gasteiger partial charge is 0.302 e. The van der Waals surface area contributed by atoms with Crippen molar-refractivity contribution in [3.63, 3.8) is 0 Å². The molecular weight excluding hydrogens is 230 g/mol. The second-order valence-electron chi connectivity index (χ2n) is 3.47. The third kappa shape index (κ3) is 4.24. The number of benzene rings is 1. The highest BCUT2D eigenvalue weighted by atomic mass is 32.2. The molecule has 1 N–H and O–H groups in total. The van der Waals surface area contributed by atoms with Crippen molar-refractivity contribution < 1.29 is 8.42 Å². The van der Waals surface area contributed by atoms with E-state index >= 15 is 0 Å². The minimum absolute atomic E-state index is 0.125. The van der Waals surface area contributed by atoms with Crippen LogP contribution in [0.4, 0.5) is 0 Å².